The average Bonchev–Trinajstić information content (AvgIpc) is 1.37. The zero-order valence-corrected chi connectivity index (χ0v) is 6.49. The molecule has 0 saturated heterocycles. The minimum absolute atomic E-state index is 0. The van der Waals surface area contributed by atoms with Gasteiger partial charge >= 0.3 is 0 Å². The first-order valence-electron chi connectivity index (χ1n) is 0.658. The van der Waals surface area contributed by atoms with Gasteiger partial charge in [-0.05, 0) is 0 Å². The van der Waals surface area contributed by atoms with Crippen molar-refractivity contribution in [3.63, 3.8) is 0 Å². The second-order valence-electron chi connectivity index (χ2n) is 0.205. The maximum atomic E-state index is 7.56. The molecule has 0 aliphatic heterocycles. The second kappa shape index (κ2) is 8.82. The summed E-state index contributed by atoms with van der Waals surface area (Å²) in [5.41, 5.74) is 0. The quantitative estimate of drug-likeness (QED) is 0.215. The summed E-state index contributed by atoms with van der Waals surface area (Å²) in [6, 6.07) is 0. The fourth-order valence-corrected chi connectivity index (χ4v) is 0. The fourth-order valence-electron chi connectivity index (χ4n) is 0. The van der Waals surface area contributed by atoms with Crippen LogP contribution in [0.3, 0.4) is 0 Å². The number of hydrogen-bond donors (Lipinski definition) is 2. The van der Waals surface area contributed by atoms with Gasteiger partial charge in [0, 0.05) is 19.5 Å². The van der Waals surface area contributed by atoms with Gasteiger partial charge in [0.15, 0.2) is 8.60 Å². The molecule has 0 aliphatic carbocycles. The van der Waals surface area contributed by atoms with Crippen molar-refractivity contribution in [2.75, 3.05) is 0 Å². The molecule has 0 rings (SSSR count). The standard InChI is InChI=1S/H3N2OP.Zn/c1-2-4-3;/h1H2,(H,2,3);. The van der Waals surface area contributed by atoms with E-state index in [2.05, 4.69) is 10.7 Å². The van der Waals surface area contributed by atoms with E-state index in [0.29, 0.717) is 0 Å². The van der Waals surface area contributed by atoms with E-state index in [-0.39, 0.29) is 28.1 Å². The van der Waals surface area contributed by atoms with Crippen molar-refractivity contribution in [2.45, 2.75) is 0 Å². The first-order chi connectivity index (χ1) is 1.91. The number of nitrogens with zero attached hydrogens (tertiary/aromatic N) is 1. The molecule has 5 heavy (non-hydrogen) atoms. The molecular weight excluding hydrogens is 140 g/mol. The Morgan fingerprint density at radius 2 is 2.00 bits per heavy atom. The second-order valence-corrected chi connectivity index (χ2v) is 0.615. The first-order valence-corrected chi connectivity index (χ1v) is 1.46. The van der Waals surface area contributed by atoms with Crippen LogP contribution in [0.2, 0.25) is 0 Å². The molecular formula is H3N2OPZn. The average molecular weight is 143 g/mol. The van der Waals surface area contributed by atoms with Gasteiger partial charge in [-0.2, -0.15) is 4.85 Å². The fraction of sp³-hybridized carbons (Fsp3) is 0. The van der Waals surface area contributed by atoms with Crippen molar-refractivity contribution in [1.29, 1.82) is 0 Å². The van der Waals surface area contributed by atoms with Gasteiger partial charge in [-0.25, -0.2) is 5.84 Å². The normalized spacial score (nSPS) is 7.60. The van der Waals surface area contributed by atoms with Crippen molar-refractivity contribution < 1.29 is 24.4 Å². The van der Waals surface area contributed by atoms with Crippen molar-refractivity contribution in [3.8, 4) is 0 Å². The van der Waals surface area contributed by atoms with Crippen LogP contribution >= 0.6 is 8.60 Å². The van der Waals surface area contributed by atoms with Crippen LogP contribution in [0.5, 0.6) is 0 Å². The van der Waals surface area contributed by atoms with Crippen molar-refractivity contribution in [1.82, 2.24) is 0 Å². The van der Waals surface area contributed by atoms with Gasteiger partial charge in [0.05, 0.1) is 0 Å². The van der Waals surface area contributed by atoms with Gasteiger partial charge in [-0.15, -0.1) is 0 Å². The summed E-state index contributed by atoms with van der Waals surface area (Å²) in [5, 5.41) is 0. The monoisotopic (exact) mass is 142 g/mol. The van der Waals surface area contributed by atoms with Crippen LogP contribution in [-0.4, -0.2) is 4.89 Å². The Labute approximate surface area is 44.3 Å². The van der Waals surface area contributed by atoms with Crippen LogP contribution in [0.15, 0.2) is 4.85 Å². The third kappa shape index (κ3) is 12.0. The topological polar surface area (TPSA) is 58.6 Å². The van der Waals surface area contributed by atoms with Crippen molar-refractivity contribution >= 4 is 8.60 Å². The third-order valence-corrected chi connectivity index (χ3v) is 0.155. The smallest absolute Gasteiger partial charge is 0.187 e. The van der Waals surface area contributed by atoms with Crippen molar-refractivity contribution in [2.24, 2.45) is 10.7 Å². The van der Waals surface area contributed by atoms with E-state index < -0.39 is 0 Å². The maximum absolute atomic E-state index is 7.56. The van der Waals surface area contributed by atoms with Crippen LogP contribution in [0, 0.1) is 0 Å². The Balaban J connectivity index is 0. The Hall–Kier alpha value is 0.643. The minimum atomic E-state index is -0.0988. The molecule has 0 fully saturated rings. The predicted molar refractivity (Wildman–Crippen MR) is 15.8 cm³/mol. The van der Waals surface area contributed by atoms with Crippen molar-refractivity contribution in [3.05, 3.63) is 0 Å². The Morgan fingerprint density at radius 1 is 1.80 bits per heavy atom. The summed E-state index contributed by atoms with van der Waals surface area (Å²) in [4.78, 5) is 10.3. The largest absolute Gasteiger partial charge is 0.326 e. The van der Waals surface area contributed by atoms with Gasteiger partial charge in [0.1, 0.15) is 0 Å². The Morgan fingerprint density at radius 3 is 2.00 bits per heavy atom. The summed E-state index contributed by atoms with van der Waals surface area (Å²) in [6.45, 7) is 0. The third-order valence-electron chi connectivity index (χ3n) is 0.0516. The summed E-state index contributed by atoms with van der Waals surface area (Å²) in [7, 11) is -0.0988. The molecule has 0 aliphatic rings. The molecule has 0 aromatic rings. The van der Waals surface area contributed by atoms with Gasteiger partial charge in [-0.1, -0.05) is 0 Å². The van der Waals surface area contributed by atoms with Gasteiger partial charge in [0.25, 0.3) is 0 Å². The van der Waals surface area contributed by atoms with Crippen LogP contribution in [0.4, 0.5) is 0 Å². The summed E-state index contributed by atoms with van der Waals surface area (Å²) in [5.74, 6) is 4.39. The number of nitrogens with two attached hydrogens (primary N) is 1. The molecule has 26 valence electrons. The summed E-state index contributed by atoms with van der Waals surface area (Å²) >= 11 is 0. The Bertz CT molecular complexity index is 24.8. The molecule has 0 spiro atoms. The molecule has 0 bridgehead atoms. The molecule has 0 amide bonds. The summed E-state index contributed by atoms with van der Waals surface area (Å²) in [6.07, 6.45) is 0. The first kappa shape index (κ1) is 9.17. The van der Waals surface area contributed by atoms with E-state index in [4.69, 9.17) is 4.89 Å². The molecule has 3 N–H and O–H groups in total. The van der Waals surface area contributed by atoms with Crippen LogP contribution in [0.1, 0.15) is 0 Å². The molecule has 0 unspecified atom stereocenters. The predicted octanol–water partition coefficient (Wildman–Crippen LogP) is -0.105. The molecule has 0 radical (unpaired) electrons. The molecule has 0 aromatic heterocycles. The van der Waals surface area contributed by atoms with E-state index in [1.165, 1.54) is 0 Å². The van der Waals surface area contributed by atoms with Gasteiger partial charge < -0.3 is 4.89 Å². The molecule has 0 saturated carbocycles. The molecule has 0 atom stereocenters. The number of hydrogen-bond acceptors (Lipinski definition) is 1. The molecule has 0 heterocycles. The van der Waals surface area contributed by atoms with E-state index in [1.54, 1.807) is 0 Å². The van der Waals surface area contributed by atoms with Crippen LogP contribution < -0.4 is 5.84 Å². The molecule has 0 aromatic carbocycles. The summed E-state index contributed by atoms with van der Waals surface area (Å²) < 4.78 is 0. The van der Waals surface area contributed by atoms with E-state index >= 15 is 0 Å². The molecule has 5 heteroatoms. The van der Waals surface area contributed by atoms with E-state index in [1.807, 2.05) is 0 Å². The van der Waals surface area contributed by atoms with Crippen LogP contribution in [-0.2, 0) is 19.5 Å². The number of rotatable bonds is 0. The maximum Gasteiger partial charge on any atom is 0.187 e. The van der Waals surface area contributed by atoms with Gasteiger partial charge in [-0.3, -0.25) is 0 Å². The zero-order valence-electron chi connectivity index (χ0n) is 2.63. The van der Waals surface area contributed by atoms with Gasteiger partial charge in [0.2, 0.25) is 0 Å². The van der Waals surface area contributed by atoms with Crippen LogP contribution in [0.25, 0.3) is 0 Å². The van der Waals surface area contributed by atoms with E-state index in [0.717, 1.165) is 0 Å². The SMILES string of the molecule is NN=PO.[Zn]. The molecule has 3 nitrogen and oxygen atoms in total. The Kier molecular flexibility index (Phi) is 16.2. The minimum Gasteiger partial charge on any atom is -0.326 e. The van der Waals surface area contributed by atoms with E-state index in [9.17, 15) is 0 Å². The zero-order chi connectivity index (χ0) is 3.41.